The van der Waals surface area contributed by atoms with E-state index in [9.17, 15) is 14.4 Å². The number of aromatic nitrogens is 2. The molecule has 7 nitrogen and oxygen atoms in total. The Kier molecular flexibility index (Phi) is 3.96. The molecule has 7 heteroatoms. The van der Waals surface area contributed by atoms with Gasteiger partial charge in [-0.2, -0.15) is 0 Å². The molecule has 0 saturated heterocycles. The lowest BCUT2D eigenvalue weighted by molar-refractivity contribution is -0.117. The molecule has 0 fully saturated rings. The summed E-state index contributed by atoms with van der Waals surface area (Å²) in [5.41, 5.74) is 1.86. The van der Waals surface area contributed by atoms with Crippen LogP contribution in [0.25, 0.3) is 10.9 Å². The topological polar surface area (TPSA) is 104 Å². The Labute approximate surface area is 148 Å². The summed E-state index contributed by atoms with van der Waals surface area (Å²) < 4.78 is 0. The van der Waals surface area contributed by atoms with Gasteiger partial charge in [-0.25, -0.2) is 4.98 Å². The maximum absolute atomic E-state index is 12.3. The van der Waals surface area contributed by atoms with Crippen LogP contribution in [0.4, 0.5) is 5.69 Å². The van der Waals surface area contributed by atoms with Crippen molar-refractivity contribution in [2.45, 2.75) is 12.3 Å². The van der Waals surface area contributed by atoms with E-state index in [1.165, 1.54) is 0 Å². The quantitative estimate of drug-likeness (QED) is 0.668. The molecule has 2 amide bonds. The van der Waals surface area contributed by atoms with Gasteiger partial charge in [-0.1, -0.05) is 30.3 Å². The number of amides is 2. The Bertz CT molecular complexity index is 1070. The van der Waals surface area contributed by atoms with Gasteiger partial charge in [0.25, 0.3) is 11.5 Å². The predicted octanol–water partition coefficient (Wildman–Crippen LogP) is 1.78. The van der Waals surface area contributed by atoms with Crippen molar-refractivity contribution in [3.63, 3.8) is 0 Å². The molecule has 0 radical (unpaired) electrons. The first-order valence-corrected chi connectivity index (χ1v) is 8.30. The molecule has 1 aromatic heterocycles. The summed E-state index contributed by atoms with van der Waals surface area (Å²) in [6.07, 6.45) is 0.465. The van der Waals surface area contributed by atoms with Gasteiger partial charge in [0.1, 0.15) is 0 Å². The van der Waals surface area contributed by atoms with Gasteiger partial charge in [0.05, 0.1) is 16.8 Å². The number of H-pyrrole nitrogens is 1. The number of fused-ring (bicyclic) bond motifs is 2. The van der Waals surface area contributed by atoms with E-state index >= 15 is 0 Å². The molecule has 3 N–H and O–H groups in total. The van der Waals surface area contributed by atoms with Crippen LogP contribution in [-0.2, 0) is 4.79 Å². The number of nitrogens with one attached hydrogen (secondary N) is 3. The second kappa shape index (κ2) is 6.44. The van der Waals surface area contributed by atoms with E-state index in [2.05, 4.69) is 20.6 Å². The van der Waals surface area contributed by atoms with E-state index in [0.717, 1.165) is 11.3 Å². The van der Waals surface area contributed by atoms with E-state index in [0.29, 0.717) is 23.9 Å². The molecule has 1 aliphatic heterocycles. The van der Waals surface area contributed by atoms with Crippen LogP contribution in [0, 0.1) is 0 Å². The Morgan fingerprint density at radius 2 is 1.85 bits per heavy atom. The minimum Gasteiger partial charge on any atom is -0.349 e. The van der Waals surface area contributed by atoms with Gasteiger partial charge in [-0.15, -0.1) is 0 Å². The van der Waals surface area contributed by atoms with Gasteiger partial charge in [0.15, 0.2) is 5.82 Å². The molecule has 4 rings (SSSR count). The second-order valence-electron chi connectivity index (χ2n) is 6.11. The Hall–Kier alpha value is -3.48. The minimum absolute atomic E-state index is 0.0371. The summed E-state index contributed by atoms with van der Waals surface area (Å²) >= 11 is 0. The molecule has 1 aliphatic rings. The second-order valence-corrected chi connectivity index (χ2v) is 6.11. The third-order valence-corrected chi connectivity index (χ3v) is 4.46. The van der Waals surface area contributed by atoms with Crippen molar-refractivity contribution in [3.8, 4) is 0 Å². The summed E-state index contributed by atoms with van der Waals surface area (Å²) in [4.78, 5) is 43.1. The summed E-state index contributed by atoms with van der Waals surface area (Å²) in [6, 6.07) is 14.3. The lowest BCUT2D eigenvalue weighted by atomic mass is 9.97. The molecule has 2 aromatic carbocycles. The van der Waals surface area contributed by atoms with Crippen molar-refractivity contribution in [3.05, 3.63) is 70.3 Å². The number of hydrogen-bond acceptors (Lipinski definition) is 4. The smallest absolute Gasteiger partial charge is 0.287 e. The molecule has 3 aromatic rings. The number of aromatic amines is 1. The number of carbonyl (C=O) groups excluding carboxylic acids is 2. The lowest BCUT2D eigenvalue weighted by Crippen LogP contribution is -2.30. The molecular weight excluding hydrogens is 332 g/mol. The third-order valence-electron chi connectivity index (χ3n) is 4.46. The molecule has 130 valence electrons. The highest BCUT2D eigenvalue weighted by atomic mass is 16.2. The highest BCUT2D eigenvalue weighted by Gasteiger charge is 2.29. The lowest BCUT2D eigenvalue weighted by Gasteiger charge is -2.10. The van der Waals surface area contributed by atoms with Crippen LogP contribution in [0.3, 0.4) is 0 Å². The van der Waals surface area contributed by atoms with Crippen molar-refractivity contribution in [2.75, 3.05) is 11.9 Å². The van der Waals surface area contributed by atoms with Crippen molar-refractivity contribution in [2.24, 2.45) is 0 Å². The molecule has 0 aliphatic carbocycles. The van der Waals surface area contributed by atoms with Crippen molar-refractivity contribution >= 4 is 28.4 Å². The van der Waals surface area contributed by atoms with Crippen molar-refractivity contribution in [1.82, 2.24) is 15.3 Å². The van der Waals surface area contributed by atoms with Crippen LogP contribution >= 0.6 is 0 Å². The number of benzene rings is 2. The Balaban J connectivity index is 1.45. The van der Waals surface area contributed by atoms with E-state index in [-0.39, 0.29) is 23.2 Å². The van der Waals surface area contributed by atoms with E-state index in [4.69, 9.17) is 0 Å². The Morgan fingerprint density at radius 1 is 1.08 bits per heavy atom. The maximum atomic E-state index is 12.3. The summed E-state index contributed by atoms with van der Waals surface area (Å²) in [5, 5.41) is 5.98. The highest BCUT2D eigenvalue weighted by molar-refractivity contribution is 6.02. The SMILES string of the molecule is O=C(NCC[C@@H]1C(=O)Nc2ccccc21)c1nc2ccccc2c(=O)[nH]1. The number of rotatable bonds is 4. The zero-order valence-corrected chi connectivity index (χ0v) is 13.8. The van der Waals surface area contributed by atoms with E-state index in [1.807, 2.05) is 24.3 Å². The van der Waals surface area contributed by atoms with Crippen LogP contribution in [0.15, 0.2) is 53.3 Å². The molecule has 0 bridgehead atoms. The number of nitrogens with zero attached hydrogens (tertiary/aromatic N) is 1. The number of para-hydroxylation sites is 2. The summed E-state index contributed by atoms with van der Waals surface area (Å²) in [7, 11) is 0. The number of hydrogen-bond donors (Lipinski definition) is 3. The number of carbonyl (C=O) groups is 2. The van der Waals surface area contributed by atoms with Gasteiger partial charge < -0.3 is 15.6 Å². The van der Waals surface area contributed by atoms with Gasteiger partial charge in [-0.05, 0) is 30.2 Å². The first kappa shape index (κ1) is 16.0. The van der Waals surface area contributed by atoms with E-state index in [1.54, 1.807) is 24.3 Å². The highest BCUT2D eigenvalue weighted by Crippen LogP contribution is 2.33. The largest absolute Gasteiger partial charge is 0.349 e. The van der Waals surface area contributed by atoms with Crippen molar-refractivity contribution < 1.29 is 9.59 Å². The van der Waals surface area contributed by atoms with Crippen LogP contribution in [0.2, 0.25) is 0 Å². The van der Waals surface area contributed by atoms with Crippen LogP contribution in [0.5, 0.6) is 0 Å². The molecule has 0 unspecified atom stereocenters. The molecule has 1 atom stereocenters. The zero-order valence-electron chi connectivity index (χ0n) is 13.8. The van der Waals surface area contributed by atoms with E-state index < -0.39 is 5.91 Å². The predicted molar refractivity (Wildman–Crippen MR) is 97.1 cm³/mol. The average molecular weight is 348 g/mol. The van der Waals surface area contributed by atoms with Gasteiger partial charge in [0, 0.05) is 12.2 Å². The minimum atomic E-state index is -0.473. The first-order valence-electron chi connectivity index (χ1n) is 8.30. The normalized spacial score (nSPS) is 15.5. The fourth-order valence-electron chi connectivity index (χ4n) is 3.17. The standard InChI is InChI=1S/C19H16N4O3/c24-17-12(11-5-1-3-7-14(11)22-17)9-10-20-19(26)16-21-15-8-4-2-6-13(15)18(25)23-16/h1-8,12H,9-10H2,(H,20,26)(H,22,24)(H,21,23,25)/t12-/m0/s1. The van der Waals surface area contributed by atoms with Crippen LogP contribution in [-0.4, -0.2) is 28.3 Å². The fourth-order valence-corrected chi connectivity index (χ4v) is 3.17. The number of anilines is 1. The monoisotopic (exact) mass is 348 g/mol. The van der Waals surface area contributed by atoms with Gasteiger partial charge in [0.2, 0.25) is 5.91 Å². The van der Waals surface area contributed by atoms with Crippen LogP contribution < -0.4 is 16.2 Å². The first-order chi connectivity index (χ1) is 12.6. The van der Waals surface area contributed by atoms with Crippen molar-refractivity contribution in [1.29, 1.82) is 0 Å². The maximum Gasteiger partial charge on any atom is 0.287 e. The molecule has 0 saturated carbocycles. The molecule has 26 heavy (non-hydrogen) atoms. The van der Waals surface area contributed by atoms with Gasteiger partial charge in [-0.3, -0.25) is 14.4 Å². The Morgan fingerprint density at radius 3 is 2.73 bits per heavy atom. The fraction of sp³-hybridized carbons (Fsp3) is 0.158. The summed E-state index contributed by atoms with van der Waals surface area (Å²) in [6.45, 7) is 0.293. The molecule has 0 spiro atoms. The molecular formula is C19H16N4O3. The zero-order chi connectivity index (χ0) is 18.1. The average Bonchev–Trinajstić information content (AvgIpc) is 2.97. The van der Waals surface area contributed by atoms with Gasteiger partial charge >= 0.3 is 0 Å². The van der Waals surface area contributed by atoms with Crippen LogP contribution in [0.1, 0.15) is 28.5 Å². The third kappa shape index (κ3) is 2.83. The summed E-state index contributed by atoms with van der Waals surface area (Å²) in [5.74, 6) is -0.877. The molecule has 2 heterocycles.